The number of fused-ring (bicyclic) bond motifs is 1. The van der Waals surface area contributed by atoms with Gasteiger partial charge in [-0.15, -0.1) is 0 Å². The number of rotatable bonds is 5. The highest BCUT2D eigenvalue weighted by atomic mass is 19.1. The van der Waals surface area contributed by atoms with Gasteiger partial charge >= 0.3 is 5.97 Å². The summed E-state index contributed by atoms with van der Waals surface area (Å²) in [6.07, 6.45) is -0.165. The zero-order valence-electron chi connectivity index (χ0n) is 12.7. The van der Waals surface area contributed by atoms with Crippen molar-refractivity contribution in [3.05, 3.63) is 29.3 Å². The summed E-state index contributed by atoms with van der Waals surface area (Å²) in [5, 5.41) is 9.28. The minimum Gasteiger partial charge on any atom is -0.478 e. The third-order valence-electron chi connectivity index (χ3n) is 3.89. The van der Waals surface area contributed by atoms with Gasteiger partial charge < -0.3 is 9.84 Å². The van der Waals surface area contributed by atoms with Gasteiger partial charge in [0.05, 0.1) is 11.6 Å². The van der Waals surface area contributed by atoms with Crippen LogP contribution in [0.15, 0.2) is 18.2 Å². The van der Waals surface area contributed by atoms with Gasteiger partial charge in [0.15, 0.2) is 0 Å². The van der Waals surface area contributed by atoms with Crippen molar-refractivity contribution in [1.29, 1.82) is 0 Å². The number of alkyl halides is 1. The molecule has 0 amide bonds. The zero-order chi connectivity index (χ0) is 15.6. The van der Waals surface area contributed by atoms with E-state index in [1.54, 1.807) is 18.2 Å². The number of halogens is 1. The molecular weight excluding hydrogens is 273 g/mol. The Morgan fingerprint density at radius 1 is 1.52 bits per heavy atom. The zero-order valence-corrected chi connectivity index (χ0v) is 12.7. The van der Waals surface area contributed by atoms with Crippen LogP contribution in [0, 0.1) is 0 Å². The fourth-order valence-corrected chi connectivity index (χ4v) is 2.92. The van der Waals surface area contributed by atoms with Crippen molar-refractivity contribution < 1.29 is 19.0 Å². The lowest BCUT2D eigenvalue weighted by Crippen LogP contribution is -2.51. The Morgan fingerprint density at radius 3 is 2.81 bits per heavy atom. The summed E-state index contributed by atoms with van der Waals surface area (Å²) >= 11 is 0. The van der Waals surface area contributed by atoms with E-state index >= 15 is 0 Å². The molecule has 1 aliphatic rings. The predicted octanol–water partition coefficient (Wildman–Crippen LogP) is 3.10. The Labute approximate surface area is 124 Å². The first kappa shape index (κ1) is 15.8. The molecule has 1 aliphatic heterocycles. The third-order valence-corrected chi connectivity index (χ3v) is 3.89. The molecule has 1 aromatic carbocycles. The van der Waals surface area contributed by atoms with Crippen LogP contribution in [0.1, 0.15) is 43.1 Å². The topological polar surface area (TPSA) is 49.8 Å². The van der Waals surface area contributed by atoms with Gasteiger partial charge in [-0.2, -0.15) is 0 Å². The first-order valence-electron chi connectivity index (χ1n) is 7.37. The van der Waals surface area contributed by atoms with E-state index < -0.39 is 18.4 Å². The molecule has 0 aliphatic carbocycles. The highest BCUT2D eigenvalue weighted by molar-refractivity contribution is 5.90. The average Bonchev–Trinajstić information content (AvgIpc) is 2.43. The highest BCUT2D eigenvalue weighted by Gasteiger charge is 2.36. The Balaban J connectivity index is 2.35. The number of carboxylic acids is 1. The van der Waals surface area contributed by atoms with Crippen LogP contribution < -0.4 is 4.74 Å². The SMILES string of the molecule is CCCN(C(C)C)C1Cc2c(cccc2C(=O)O)OC1F. The molecule has 0 saturated heterocycles. The van der Waals surface area contributed by atoms with Gasteiger partial charge in [0, 0.05) is 11.6 Å². The van der Waals surface area contributed by atoms with E-state index in [-0.39, 0.29) is 11.6 Å². The molecule has 0 saturated carbocycles. The molecule has 4 nitrogen and oxygen atoms in total. The number of hydrogen-bond acceptors (Lipinski definition) is 3. The van der Waals surface area contributed by atoms with Crippen molar-refractivity contribution in [2.24, 2.45) is 0 Å². The summed E-state index contributed by atoms with van der Waals surface area (Å²) in [6.45, 7) is 6.83. The van der Waals surface area contributed by atoms with Crippen LogP contribution in [-0.4, -0.2) is 41.0 Å². The van der Waals surface area contributed by atoms with Gasteiger partial charge in [-0.1, -0.05) is 13.0 Å². The van der Waals surface area contributed by atoms with E-state index in [2.05, 4.69) is 0 Å². The Morgan fingerprint density at radius 2 is 2.24 bits per heavy atom. The summed E-state index contributed by atoms with van der Waals surface area (Å²) in [6, 6.07) is 4.49. The molecule has 5 heteroatoms. The van der Waals surface area contributed by atoms with Crippen LogP contribution in [-0.2, 0) is 6.42 Å². The third kappa shape index (κ3) is 3.18. The van der Waals surface area contributed by atoms with Crippen LogP contribution >= 0.6 is 0 Å². The fourth-order valence-electron chi connectivity index (χ4n) is 2.92. The normalized spacial score (nSPS) is 21.2. The van der Waals surface area contributed by atoms with Crippen LogP contribution in [0.4, 0.5) is 4.39 Å². The van der Waals surface area contributed by atoms with Crippen molar-refractivity contribution in [2.45, 2.75) is 52.1 Å². The number of carbonyl (C=O) groups is 1. The molecule has 0 aromatic heterocycles. The second-order valence-corrected chi connectivity index (χ2v) is 5.66. The quantitative estimate of drug-likeness (QED) is 0.907. The number of hydrogen-bond donors (Lipinski definition) is 1. The molecule has 2 atom stereocenters. The van der Waals surface area contributed by atoms with Gasteiger partial charge in [-0.3, -0.25) is 4.90 Å². The molecule has 116 valence electrons. The summed E-state index contributed by atoms with van der Waals surface area (Å²) in [5.74, 6) is -0.656. The van der Waals surface area contributed by atoms with Crippen molar-refractivity contribution in [2.75, 3.05) is 6.54 Å². The molecule has 0 radical (unpaired) electrons. The summed E-state index contributed by atoms with van der Waals surface area (Å²) < 4.78 is 19.7. The molecule has 0 bridgehead atoms. The van der Waals surface area contributed by atoms with E-state index in [1.165, 1.54) is 0 Å². The van der Waals surface area contributed by atoms with Crippen LogP contribution in [0.5, 0.6) is 5.75 Å². The maximum Gasteiger partial charge on any atom is 0.336 e. The second kappa shape index (κ2) is 6.43. The van der Waals surface area contributed by atoms with E-state index in [9.17, 15) is 14.3 Å². The monoisotopic (exact) mass is 295 g/mol. The van der Waals surface area contributed by atoms with Crippen LogP contribution in [0.25, 0.3) is 0 Å². The Bertz CT molecular complexity index is 518. The molecule has 0 fully saturated rings. The highest BCUT2D eigenvalue weighted by Crippen LogP contribution is 2.33. The fraction of sp³-hybridized carbons (Fsp3) is 0.562. The lowest BCUT2D eigenvalue weighted by atomic mass is 9.95. The minimum atomic E-state index is -1.43. The maximum absolute atomic E-state index is 14.4. The van der Waals surface area contributed by atoms with Gasteiger partial charge in [-0.25, -0.2) is 9.18 Å². The number of ether oxygens (including phenoxy) is 1. The number of benzene rings is 1. The van der Waals surface area contributed by atoms with Crippen LogP contribution in [0.2, 0.25) is 0 Å². The smallest absolute Gasteiger partial charge is 0.336 e. The summed E-state index contributed by atoms with van der Waals surface area (Å²) in [4.78, 5) is 13.4. The standard InChI is InChI=1S/C16H22FNO3/c1-4-8-18(10(2)3)13-9-12-11(16(19)20)6-5-7-14(12)21-15(13)17/h5-7,10,13,15H,4,8-9H2,1-3H3,(H,19,20). The maximum atomic E-state index is 14.4. The molecule has 2 unspecified atom stereocenters. The Hall–Kier alpha value is -1.62. The number of carboxylic acid groups (broad SMARTS) is 1. The largest absolute Gasteiger partial charge is 0.478 e. The second-order valence-electron chi connectivity index (χ2n) is 5.66. The van der Waals surface area contributed by atoms with Gasteiger partial charge in [-0.05, 0) is 45.4 Å². The summed E-state index contributed by atoms with van der Waals surface area (Å²) in [5.41, 5.74) is 0.787. The van der Waals surface area contributed by atoms with E-state index in [4.69, 9.17) is 4.74 Å². The molecule has 1 aromatic rings. The van der Waals surface area contributed by atoms with Crippen molar-refractivity contribution >= 4 is 5.97 Å². The average molecular weight is 295 g/mol. The lowest BCUT2D eigenvalue weighted by Gasteiger charge is -2.39. The molecular formula is C16H22FNO3. The van der Waals surface area contributed by atoms with Crippen LogP contribution in [0.3, 0.4) is 0 Å². The first-order chi connectivity index (χ1) is 9.95. The molecule has 0 spiro atoms. The van der Waals surface area contributed by atoms with E-state index in [1.807, 2.05) is 25.7 Å². The van der Waals surface area contributed by atoms with Gasteiger partial charge in [0.25, 0.3) is 6.36 Å². The van der Waals surface area contributed by atoms with E-state index in [0.717, 1.165) is 13.0 Å². The number of aromatic carboxylic acids is 1. The molecule has 1 heterocycles. The van der Waals surface area contributed by atoms with Gasteiger partial charge in [0.1, 0.15) is 5.75 Å². The number of nitrogens with zero attached hydrogens (tertiary/aromatic N) is 1. The van der Waals surface area contributed by atoms with Gasteiger partial charge in [0.2, 0.25) is 0 Å². The molecule has 1 N–H and O–H groups in total. The van der Waals surface area contributed by atoms with E-state index in [0.29, 0.717) is 17.7 Å². The first-order valence-corrected chi connectivity index (χ1v) is 7.37. The molecule has 2 rings (SSSR count). The van der Waals surface area contributed by atoms with Crippen molar-refractivity contribution in [3.8, 4) is 5.75 Å². The molecule has 21 heavy (non-hydrogen) atoms. The Kier molecular flexibility index (Phi) is 4.83. The van der Waals surface area contributed by atoms with Crippen molar-refractivity contribution in [3.63, 3.8) is 0 Å². The lowest BCUT2D eigenvalue weighted by molar-refractivity contribution is -0.0432. The van der Waals surface area contributed by atoms with Crippen molar-refractivity contribution in [1.82, 2.24) is 4.90 Å². The summed E-state index contributed by atoms with van der Waals surface area (Å²) in [7, 11) is 0. The predicted molar refractivity (Wildman–Crippen MR) is 78.6 cm³/mol. The minimum absolute atomic E-state index is 0.176.